The van der Waals surface area contributed by atoms with Crippen molar-refractivity contribution in [3.05, 3.63) is 29.2 Å². The Bertz CT molecular complexity index is 547. The molecule has 0 amide bonds. The molecule has 0 atom stereocenters. The van der Waals surface area contributed by atoms with Gasteiger partial charge < -0.3 is 5.11 Å². The first kappa shape index (κ1) is 8.73. The predicted octanol–water partition coefficient (Wildman–Crippen LogP) is 1.86. The van der Waals surface area contributed by atoms with Crippen molar-refractivity contribution in [2.24, 2.45) is 0 Å². The van der Waals surface area contributed by atoms with Gasteiger partial charge in [0.1, 0.15) is 22.5 Å². The highest BCUT2D eigenvalue weighted by Crippen LogP contribution is 2.27. The van der Waals surface area contributed by atoms with Gasteiger partial charge in [0.25, 0.3) is 0 Å². The maximum atomic E-state index is 9.63. The van der Waals surface area contributed by atoms with E-state index in [-0.39, 0.29) is 16.5 Å². The molecule has 1 N–H and O–H groups in total. The minimum Gasteiger partial charge on any atom is -0.506 e. The predicted molar refractivity (Wildman–Crippen MR) is 50.9 cm³/mol. The Kier molecular flexibility index (Phi) is 1.95. The van der Waals surface area contributed by atoms with E-state index in [1.54, 1.807) is 0 Å². The van der Waals surface area contributed by atoms with Crippen LogP contribution >= 0.6 is 11.6 Å². The molecule has 0 aliphatic carbocycles. The Hall–Kier alpha value is -1.86. The van der Waals surface area contributed by atoms with E-state index in [1.807, 2.05) is 6.07 Å². The normalized spacial score (nSPS) is 10.0. The first-order valence-corrected chi connectivity index (χ1v) is 4.13. The number of fused-ring (bicyclic) bond motifs is 1. The summed E-state index contributed by atoms with van der Waals surface area (Å²) in [5.74, 6) is -0.109. The summed E-state index contributed by atoms with van der Waals surface area (Å²) in [5.41, 5.74) is 0.630. The molecule has 0 unspecified atom stereocenters. The average molecular weight is 206 g/mol. The molecule has 0 fully saturated rings. The van der Waals surface area contributed by atoms with Crippen molar-refractivity contribution in [3.63, 3.8) is 0 Å². The van der Waals surface area contributed by atoms with Gasteiger partial charge in [-0.25, -0.2) is 4.98 Å². The molecular formula is C9H4ClN3O. The highest BCUT2D eigenvalue weighted by molar-refractivity contribution is 6.30. The van der Waals surface area contributed by atoms with E-state index >= 15 is 0 Å². The number of nitrogens with zero attached hydrogens (tertiary/aromatic N) is 3. The van der Waals surface area contributed by atoms with E-state index in [1.165, 1.54) is 18.5 Å². The van der Waals surface area contributed by atoms with E-state index in [0.717, 1.165) is 0 Å². The van der Waals surface area contributed by atoms with Gasteiger partial charge in [-0.05, 0) is 6.07 Å². The number of hydrogen-bond acceptors (Lipinski definition) is 4. The lowest BCUT2D eigenvalue weighted by atomic mass is 10.2. The first-order chi connectivity index (χ1) is 6.72. The highest BCUT2D eigenvalue weighted by atomic mass is 35.5. The fourth-order valence-corrected chi connectivity index (χ4v) is 1.30. The fraction of sp³-hybridized carbons (Fsp3) is 0. The molecule has 2 aromatic rings. The number of aromatic hydroxyl groups is 1. The Labute approximate surface area is 84.4 Å². The molecule has 0 aliphatic heterocycles. The zero-order valence-electron chi connectivity index (χ0n) is 6.90. The summed E-state index contributed by atoms with van der Waals surface area (Å²) in [5, 5.41) is 19.0. The van der Waals surface area contributed by atoms with Gasteiger partial charge in [0.05, 0.1) is 11.7 Å². The first-order valence-electron chi connectivity index (χ1n) is 3.75. The van der Waals surface area contributed by atoms with E-state index in [0.29, 0.717) is 10.9 Å². The lowest BCUT2D eigenvalue weighted by Crippen LogP contribution is -1.86. The van der Waals surface area contributed by atoms with E-state index < -0.39 is 0 Å². The number of hydrogen-bond donors (Lipinski definition) is 1. The van der Waals surface area contributed by atoms with Crippen molar-refractivity contribution in [2.45, 2.75) is 0 Å². The van der Waals surface area contributed by atoms with Crippen LogP contribution in [0.2, 0.25) is 5.15 Å². The van der Waals surface area contributed by atoms with Crippen LogP contribution in [0.1, 0.15) is 5.56 Å². The van der Waals surface area contributed by atoms with Crippen LogP contribution in [0.4, 0.5) is 0 Å². The van der Waals surface area contributed by atoms with Crippen LogP contribution in [0.5, 0.6) is 5.75 Å². The minimum atomic E-state index is -0.109. The van der Waals surface area contributed by atoms with Crippen molar-refractivity contribution < 1.29 is 5.11 Å². The molecule has 0 bridgehead atoms. The highest BCUT2D eigenvalue weighted by Gasteiger charge is 2.07. The molecule has 2 rings (SSSR count). The molecule has 14 heavy (non-hydrogen) atoms. The number of pyridine rings is 2. The summed E-state index contributed by atoms with van der Waals surface area (Å²) in [6.45, 7) is 0. The largest absolute Gasteiger partial charge is 0.506 e. The summed E-state index contributed by atoms with van der Waals surface area (Å²) in [6, 6.07) is 3.30. The molecule has 5 heteroatoms. The van der Waals surface area contributed by atoms with Crippen LogP contribution in [-0.2, 0) is 0 Å². The van der Waals surface area contributed by atoms with E-state index in [4.69, 9.17) is 16.9 Å². The van der Waals surface area contributed by atoms with Gasteiger partial charge in [-0.2, -0.15) is 5.26 Å². The van der Waals surface area contributed by atoms with Gasteiger partial charge in [-0.3, -0.25) is 4.98 Å². The lowest BCUT2D eigenvalue weighted by Gasteiger charge is -2.01. The fourth-order valence-electron chi connectivity index (χ4n) is 1.14. The van der Waals surface area contributed by atoms with Gasteiger partial charge in [0.15, 0.2) is 0 Å². The molecule has 68 valence electrons. The quantitative estimate of drug-likeness (QED) is 0.667. The summed E-state index contributed by atoms with van der Waals surface area (Å²) >= 11 is 5.65. The molecular weight excluding hydrogens is 202 g/mol. The number of aromatic nitrogens is 2. The van der Waals surface area contributed by atoms with Gasteiger partial charge in [-0.15, -0.1) is 0 Å². The number of nitriles is 1. The molecule has 2 heterocycles. The number of rotatable bonds is 0. The van der Waals surface area contributed by atoms with Crippen LogP contribution in [0, 0.1) is 11.3 Å². The van der Waals surface area contributed by atoms with Gasteiger partial charge in [0.2, 0.25) is 0 Å². The standard InChI is InChI=1S/C9H4ClN3O/c10-8-1-6-7(4-13-8)12-3-5(2-11)9(6)14/h1,3-4H,(H,12,14). The molecule has 0 radical (unpaired) electrons. The lowest BCUT2D eigenvalue weighted by molar-refractivity contribution is 0.479. The van der Waals surface area contributed by atoms with Crippen molar-refractivity contribution >= 4 is 22.5 Å². The zero-order chi connectivity index (χ0) is 10.1. The molecule has 0 aromatic carbocycles. The Morgan fingerprint density at radius 3 is 2.86 bits per heavy atom. The van der Waals surface area contributed by atoms with Crippen molar-refractivity contribution in [3.8, 4) is 11.8 Å². The molecule has 0 saturated carbocycles. The van der Waals surface area contributed by atoms with Crippen LogP contribution in [0.3, 0.4) is 0 Å². The second kappa shape index (κ2) is 3.13. The third-order valence-electron chi connectivity index (χ3n) is 1.81. The van der Waals surface area contributed by atoms with Gasteiger partial charge >= 0.3 is 0 Å². The van der Waals surface area contributed by atoms with Crippen molar-refractivity contribution in [2.75, 3.05) is 0 Å². The Morgan fingerprint density at radius 1 is 1.36 bits per heavy atom. The second-order valence-corrected chi connectivity index (χ2v) is 3.04. The van der Waals surface area contributed by atoms with Gasteiger partial charge in [-0.1, -0.05) is 11.6 Å². The Balaban J connectivity index is 2.88. The summed E-state index contributed by atoms with van der Waals surface area (Å²) in [4.78, 5) is 7.76. The molecule has 4 nitrogen and oxygen atoms in total. The molecule has 0 aliphatic rings. The maximum Gasteiger partial charge on any atom is 0.144 e. The van der Waals surface area contributed by atoms with Crippen molar-refractivity contribution in [1.29, 1.82) is 5.26 Å². The van der Waals surface area contributed by atoms with Crippen LogP contribution < -0.4 is 0 Å². The summed E-state index contributed by atoms with van der Waals surface area (Å²) in [7, 11) is 0. The number of halogens is 1. The van der Waals surface area contributed by atoms with E-state index in [9.17, 15) is 5.11 Å². The van der Waals surface area contributed by atoms with E-state index in [2.05, 4.69) is 9.97 Å². The summed E-state index contributed by atoms with van der Waals surface area (Å²) < 4.78 is 0. The molecule has 2 aromatic heterocycles. The summed E-state index contributed by atoms with van der Waals surface area (Å²) in [6.07, 6.45) is 2.74. The third-order valence-corrected chi connectivity index (χ3v) is 2.02. The van der Waals surface area contributed by atoms with Crippen LogP contribution in [0.25, 0.3) is 10.9 Å². The monoisotopic (exact) mass is 205 g/mol. The topological polar surface area (TPSA) is 69.8 Å². The minimum absolute atomic E-state index is 0.109. The zero-order valence-corrected chi connectivity index (χ0v) is 7.65. The van der Waals surface area contributed by atoms with Crippen LogP contribution in [0.15, 0.2) is 18.5 Å². The second-order valence-electron chi connectivity index (χ2n) is 2.66. The molecule has 0 spiro atoms. The average Bonchev–Trinajstić information content (AvgIpc) is 2.20. The maximum absolute atomic E-state index is 9.63. The van der Waals surface area contributed by atoms with Crippen LogP contribution in [-0.4, -0.2) is 15.1 Å². The Morgan fingerprint density at radius 2 is 2.14 bits per heavy atom. The third kappa shape index (κ3) is 1.24. The molecule has 0 saturated heterocycles. The van der Waals surface area contributed by atoms with Gasteiger partial charge in [0, 0.05) is 11.6 Å². The van der Waals surface area contributed by atoms with Crippen molar-refractivity contribution in [1.82, 2.24) is 9.97 Å². The smallest absolute Gasteiger partial charge is 0.144 e. The SMILES string of the molecule is N#Cc1cnc2cnc(Cl)cc2c1O.